The van der Waals surface area contributed by atoms with Crippen molar-refractivity contribution in [1.82, 2.24) is 0 Å². The molecule has 0 heterocycles. The van der Waals surface area contributed by atoms with Crippen molar-refractivity contribution in [3.63, 3.8) is 0 Å². The number of esters is 2. The highest BCUT2D eigenvalue weighted by molar-refractivity contribution is 6.40. The van der Waals surface area contributed by atoms with Crippen molar-refractivity contribution in [2.45, 2.75) is 58.7 Å². The minimum absolute atomic E-state index is 0.245. The summed E-state index contributed by atoms with van der Waals surface area (Å²) in [6.45, 7) is 5.90. The number of ketones is 1. The topological polar surface area (TPSA) is 69.7 Å². The van der Waals surface area contributed by atoms with E-state index < -0.39 is 29.9 Å². The molecule has 0 aliphatic heterocycles. The molecular formula is C25H30O5. The van der Waals surface area contributed by atoms with Crippen LogP contribution in [0.2, 0.25) is 0 Å². The van der Waals surface area contributed by atoms with Crippen LogP contribution in [0.15, 0.2) is 60.7 Å². The zero-order valence-electron chi connectivity index (χ0n) is 17.9. The Labute approximate surface area is 178 Å². The number of hydrogen-bond acceptors (Lipinski definition) is 5. The Hall–Kier alpha value is -2.95. The van der Waals surface area contributed by atoms with Gasteiger partial charge in [-0.15, -0.1) is 0 Å². The summed E-state index contributed by atoms with van der Waals surface area (Å²) in [5, 5.41) is 0. The Morgan fingerprint density at radius 2 is 1.20 bits per heavy atom. The highest BCUT2D eigenvalue weighted by Crippen LogP contribution is 2.24. The summed E-state index contributed by atoms with van der Waals surface area (Å²) in [5.41, 5.74) is 0.778. The van der Waals surface area contributed by atoms with Crippen molar-refractivity contribution in [1.29, 1.82) is 0 Å². The van der Waals surface area contributed by atoms with Crippen molar-refractivity contribution in [3.8, 4) is 0 Å². The van der Waals surface area contributed by atoms with Crippen molar-refractivity contribution < 1.29 is 23.9 Å². The number of Topliss-reactive ketones (excluding diaryl/α,β-unsaturated/α-hetero) is 1. The first kappa shape index (κ1) is 23.3. The van der Waals surface area contributed by atoms with Gasteiger partial charge in [-0.3, -0.25) is 4.79 Å². The van der Waals surface area contributed by atoms with E-state index in [1.807, 2.05) is 26.8 Å². The molecule has 0 aliphatic carbocycles. The van der Waals surface area contributed by atoms with E-state index in [1.54, 1.807) is 54.6 Å². The van der Waals surface area contributed by atoms with Crippen LogP contribution in [0.3, 0.4) is 0 Å². The molecule has 3 unspecified atom stereocenters. The van der Waals surface area contributed by atoms with Crippen LogP contribution in [0.25, 0.3) is 0 Å². The van der Waals surface area contributed by atoms with Crippen LogP contribution in [0, 0.1) is 5.92 Å². The predicted octanol–water partition coefficient (Wildman–Crippen LogP) is 5.24. The minimum atomic E-state index is -0.879. The van der Waals surface area contributed by atoms with Crippen LogP contribution in [-0.2, 0) is 14.3 Å². The molecule has 2 rings (SSSR count). The van der Waals surface area contributed by atoms with E-state index in [-0.39, 0.29) is 5.92 Å². The minimum Gasteiger partial charge on any atom is -0.458 e. The number of benzene rings is 2. The van der Waals surface area contributed by atoms with Gasteiger partial charge in [0, 0.05) is 11.5 Å². The molecule has 0 radical (unpaired) electrons. The Morgan fingerprint density at radius 3 is 1.70 bits per heavy atom. The van der Waals surface area contributed by atoms with Gasteiger partial charge in [0.2, 0.25) is 0 Å². The summed E-state index contributed by atoms with van der Waals surface area (Å²) in [4.78, 5) is 37.4. The average molecular weight is 411 g/mol. The van der Waals surface area contributed by atoms with Crippen LogP contribution in [0.4, 0.5) is 0 Å². The second kappa shape index (κ2) is 11.9. The Kier molecular flexibility index (Phi) is 9.26. The average Bonchev–Trinajstić information content (AvgIpc) is 2.78. The van der Waals surface area contributed by atoms with Crippen LogP contribution < -0.4 is 0 Å². The second-order valence-corrected chi connectivity index (χ2v) is 7.39. The quantitative estimate of drug-likeness (QED) is 0.288. The lowest BCUT2D eigenvalue weighted by atomic mass is 9.91. The van der Waals surface area contributed by atoms with Crippen molar-refractivity contribution in [3.05, 3.63) is 71.8 Å². The summed E-state index contributed by atoms with van der Waals surface area (Å²) < 4.78 is 11.4. The Balaban J connectivity index is 2.11. The molecule has 0 fully saturated rings. The maximum Gasteiger partial charge on any atom is 0.379 e. The zero-order valence-corrected chi connectivity index (χ0v) is 17.9. The number of hydrogen-bond donors (Lipinski definition) is 0. The molecule has 0 saturated carbocycles. The van der Waals surface area contributed by atoms with Gasteiger partial charge in [-0.25, -0.2) is 9.59 Å². The van der Waals surface area contributed by atoms with Gasteiger partial charge < -0.3 is 9.47 Å². The van der Waals surface area contributed by atoms with E-state index in [0.717, 1.165) is 12.8 Å². The molecule has 2 aromatic rings. The lowest BCUT2D eigenvalue weighted by molar-refractivity contribution is -0.148. The molecule has 0 N–H and O–H groups in total. The van der Waals surface area contributed by atoms with Crippen LogP contribution in [-0.4, -0.2) is 29.9 Å². The molecule has 2 aromatic carbocycles. The third kappa shape index (κ3) is 6.55. The molecule has 0 bridgehead atoms. The molecule has 0 spiro atoms. The van der Waals surface area contributed by atoms with Gasteiger partial charge in [0.1, 0.15) is 12.2 Å². The van der Waals surface area contributed by atoms with Crippen molar-refractivity contribution >= 4 is 17.7 Å². The molecule has 5 heteroatoms. The molecule has 3 atom stereocenters. The number of ether oxygens (including phenoxy) is 2. The van der Waals surface area contributed by atoms with Gasteiger partial charge in [-0.1, -0.05) is 82.1 Å². The van der Waals surface area contributed by atoms with Gasteiger partial charge in [-0.2, -0.15) is 0 Å². The highest BCUT2D eigenvalue weighted by atomic mass is 16.6. The zero-order chi connectivity index (χ0) is 21.9. The lowest BCUT2D eigenvalue weighted by Gasteiger charge is -2.30. The summed E-state index contributed by atoms with van der Waals surface area (Å²) >= 11 is 0. The fourth-order valence-electron chi connectivity index (χ4n) is 3.34. The van der Waals surface area contributed by atoms with E-state index >= 15 is 0 Å². The normalized spacial score (nSPS) is 13.7. The van der Waals surface area contributed by atoms with Gasteiger partial charge in [0.05, 0.1) is 5.56 Å². The van der Waals surface area contributed by atoms with E-state index in [4.69, 9.17) is 9.47 Å². The van der Waals surface area contributed by atoms with E-state index in [0.29, 0.717) is 24.0 Å². The lowest BCUT2D eigenvalue weighted by Crippen LogP contribution is -2.37. The monoisotopic (exact) mass is 410 g/mol. The highest BCUT2D eigenvalue weighted by Gasteiger charge is 2.32. The molecule has 160 valence electrons. The first-order valence-electron chi connectivity index (χ1n) is 10.5. The number of carbonyl (C=O) groups excluding carboxylic acids is 3. The van der Waals surface area contributed by atoms with E-state index in [9.17, 15) is 14.4 Å². The maximum absolute atomic E-state index is 12.5. The molecule has 0 amide bonds. The molecule has 30 heavy (non-hydrogen) atoms. The smallest absolute Gasteiger partial charge is 0.379 e. The number of rotatable bonds is 11. The molecule has 0 aliphatic rings. The predicted molar refractivity (Wildman–Crippen MR) is 115 cm³/mol. The van der Waals surface area contributed by atoms with E-state index in [1.165, 1.54) is 0 Å². The molecule has 0 saturated heterocycles. The van der Waals surface area contributed by atoms with Crippen LogP contribution >= 0.6 is 0 Å². The van der Waals surface area contributed by atoms with Crippen LogP contribution in [0.5, 0.6) is 0 Å². The molecular weight excluding hydrogens is 380 g/mol. The first-order valence-corrected chi connectivity index (χ1v) is 10.5. The van der Waals surface area contributed by atoms with Gasteiger partial charge in [0.25, 0.3) is 5.78 Å². The second-order valence-electron chi connectivity index (χ2n) is 7.39. The largest absolute Gasteiger partial charge is 0.458 e. The fourth-order valence-corrected chi connectivity index (χ4v) is 3.34. The maximum atomic E-state index is 12.5. The molecule has 0 aromatic heterocycles. The standard InChI is InChI=1S/C25H30O5/c1-4-12-21(29-24(27)20-16-10-7-11-17-20)18(3)22(13-5-2)30-25(28)23(26)19-14-8-6-9-15-19/h6-11,14-18,21-22H,4-5,12-13H2,1-3H3. The molecule has 5 nitrogen and oxygen atoms in total. The Bertz CT molecular complexity index is 816. The first-order chi connectivity index (χ1) is 14.5. The van der Waals surface area contributed by atoms with Crippen molar-refractivity contribution in [2.75, 3.05) is 0 Å². The van der Waals surface area contributed by atoms with Crippen LogP contribution in [0.1, 0.15) is 67.2 Å². The third-order valence-corrected chi connectivity index (χ3v) is 5.07. The van der Waals surface area contributed by atoms with E-state index in [2.05, 4.69) is 0 Å². The summed E-state index contributed by atoms with van der Waals surface area (Å²) in [5.74, 6) is -2.19. The van der Waals surface area contributed by atoms with Gasteiger partial charge in [-0.05, 0) is 25.0 Å². The van der Waals surface area contributed by atoms with Gasteiger partial charge >= 0.3 is 11.9 Å². The number of carbonyl (C=O) groups is 3. The van der Waals surface area contributed by atoms with Gasteiger partial charge in [0.15, 0.2) is 0 Å². The summed E-state index contributed by atoms with van der Waals surface area (Å²) in [6, 6.07) is 17.2. The summed E-state index contributed by atoms with van der Waals surface area (Å²) in [7, 11) is 0. The SMILES string of the molecule is CCCC(OC(=O)C(=O)c1ccccc1)C(C)C(CCC)OC(=O)c1ccccc1. The fraction of sp³-hybridized carbons (Fsp3) is 0.400. The van der Waals surface area contributed by atoms with Crippen molar-refractivity contribution in [2.24, 2.45) is 5.92 Å². The third-order valence-electron chi connectivity index (χ3n) is 5.07. The Morgan fingerprint density at radius 1 is 0.733 bits per heavy atom. The summed E-state index contributed by atoms with van der Waals surface area (Å²) in [6.07, 6.45) is 1.87.